The molecule has 2 aromatic heterocycles. The number of benzene rings is 1. The summed E-state index contributed by atoms with van der Waals surface area (Å²) >= 11 is 1.28. The van der Waals surface area contributed by atoms with Gasteiger partial charge in [0.2, 0.25) is 5.00 Å². The van der Waals surface area contributed by atoms with Gasteiger partial charge in [0.05, 0.1) is 12.0 Å². The first-order chi connectivity index (χ1) is 9.69. The Morgan fingerprint density at radius 1 is 1.35 bits per heavy atom. The maximum Gasteiger partial charge on any atom is 0.258 e. The average molecular weight is 281 g/mol. The first-order valence-electron chi connectivity index (χ1n) is 6.12. The molecule has 0 aliphatic rings. The minimum absolute atomic E-state index is 0.162. The number of nitrogens with zero attached hydrogens (tertiary/aromatic N) is 2. The van der Waals surface area contributed by atoms with E-state index in [2.05, 4.69) is 14.8 Å². The molecule has 0 aliphatic carbocycles. The van der Waals surface area contributed by atoms with Crippen LogP contribution in [0.2, 0.25) is 0 Å². The normalized spacial score (nSPS) is 10.6. The molecule has 20 heavy (non-hydrogen) atoms. The minimum atomic E-state index is -0.162. The summed E-state index contributed by atoms with van der Waals surface area (Å²) in [7, 11) is 0. The lowest BCUT2D eigenvalue weighted by atomic mass is 10.1. The van der Waals surface area contributed by atoms with Gasteiger partial charge in [0.1, 0.15) is 10.7 Å². The number of fused-ring (bicyclic) bond motifs is 1. The summed E-state index contributed by atoms with van der Waals surface area (Å²) in [6.07, 6.45) is 0.580. The van der Waals surface area contributed by atoms with Gasteiger partial charge in [-0.1, -0.05) is 30.3 Å². The van der Waals surface area contributed by atoms with Crippen molar-refractivity contribution in [1.29, 1.82) is 0 Å². The van der Waals surface area contributed by atoms with Crippen molar-refractivity contribution < 1.29 is 0 Å². The van der Waals surface area contributed by atoms with Crippen LogP contribution in [0.4, 0.5) is 5.00 Å². The van der Waals surface area contributed by atoms with Gasteiger partial charge in [0.25, 0.3) is 5.56 Å². The number of H-pyrrole nitrogens is 1. The smallest absolute Gasteiger partial charge is 0.258 e. The van der Waals surface area contributed by atoms with E-state index < -0.39 is 0 Å². The zero-order valence-corrected chi connectivity index (χ0v) is 11.6. The molecule has 0 atom stereocenters. The molecule has 0 bridgehead atoms. The Hall–Kier alpha value is -2.45. The number of nitrogens with one attached hydrogen (secondary N) is 1. The lowest BCUT2D eigenvalue weighted by molar-refractivity contribution is 0.976. The van der Waals surface area contributed by atoms with E-state index in [1.54, 1.807) is 6.92 Å². The Bertz CT molecular complexity index is 872. The molecule has 0 radical (unpaired) electrons. The van der Waals surface area contributed by atoms with Crippen LogP contribution in [0.3, 0.4) is 0 Å². The summed E-state index contributed by atoms with van der Waals surface area (Å²) in [5.41, 5.74) is 1.65. The van der Waals surface area contributed by atoms with Crippen LogP contribution >= 0.6 is 11.3 Å². The molecule has 0 unspecified atom stereocenters. The lowest BCUT2D eigenvalue weighted by Gasteiger charge is -2.01. The van der Waals surface area contributed by atoms with Crippen LogP contribution in [0.25, 0.3) is 15.1 Å². The molecule has 4 nitrogen and oxygen atoms in total. The maximum atomic E-state index is 12.1. The van der Waals surface area contributed by atoms with Crippen LogP contribution in [0.15, 0.2) is 35.1 Å². The zero-order chi connectivity index (χ0) is 14.1. The molecule has 0 aliphatic heterocycles. The van der Waals surface area contributed by atoms with Gasteiger partial charge in [-0.05, 0) is 18.1 Å². The standard InChI is InChI=1S/C15H11N3OS/c1-9-12-13(19)17-11(8-10-6-4-3-5-7-10)18-15(12)20-14(9)16-2/h3-7H,8H2,1H3,(H,17,18,19). The van der Waals surface area contributed by atoms with Crippen molar-refractivity contribution in [3.05, 3.63) is 69.1 Å². The van der Waals surface area contributed by atoms with E-state index in [-0.39, 0.29) is 5.56 Å². The SMILES string of the molecule is [C-]#[N+]c1sc2nc(Cc3ccccc3)[nH]c(=O)c2c1C. The Labute approximate surface area is 119 Å². The molecule has 0 fully saturated rings. The topological polar surface area (TPSA) is 50.1 Å². The van der Waals surface area contributed by atoms with Crippen molar-refractivity contribution in [3.8, 4) is 0 Å². The number of aryl methyl sites for hydroxylation is 1. The second-order valence-electron chi connectivity index (χ2n) is 4.50. The quantitative estimate of drug-likeness (QED) is 0.732. The highest BCUT2D eigenvalue weighted by Gasteiger charge is 2.13. The van der Waals surface area contributed by atoms with Gasteiger partial charge < -0.3 is 4.98 Å². The van der Waals surface area contributed by atoms with Crippen molar-refractivity contribution in [2.45, 2.75) is 13.3 Å². The van der Waals surface area contributed by atoms with E-state index in [0.29, 0.717) is 27.5 Å². The number of aromatic amines is 1. The molecular formula is C15H11N3OS. The lowest BCUT2D eigenvalue weighted by Crippen LogP contribution is -2.11. The predicted molar refractivity (Wildman–Crippen MR) is 80.5 cm³/mol. The maximum absolute atomic E-state index is 12.1. The van der Waals surface area contributed by atoms with Gasteiger partial charge >= 0.3 is 0 Å². The van der Waals surface area contributed by atoms with Gasteiger partial charge in [-0.3, -0.25) is 4.79 Å². The molecule has 1 aromatic carbocycles. The number of thiophene rings is 1. The monoisotopic (exact) mass is 281 g/mol. The predicted octanol–water partition coefficient (Wildman–Crippen LogP) is 3.43. The van der Waals surface area contributed by atoms with Gasteiger partial charge in [-0.25, -0.2) is 9.83 Å². The van der Waals surface area contributed by atoms with Gasteiger partial charge in [0, 0.05) is 6.42 Å². The molecule has 0 saturated carbocycles. The van der Waals surface area contributed by atoms with Gasteiger partial charge in [-0.2, -0.15) is 0 Å². The van der Waals surface area contributed by atoms with Crippen molar-refractivity contribution in [2.24, 2.45) is 0 Å². The first-order valence-corrected chi connectivity index (χ1v) is 6.94. The number of rotatable bonds is 2. The van der Waals surface area contributed by atoms with E-state index in [1.165, 1.54) is 11.3 Å². The Morgan fingerprint density at radius 2 is 2.10 bits per heavy atom. The third kappa shape index (κ3) is 2.10. The third-order valence-electron chi connectivity index (χ3n) is 3.14. The molecule has 0 amide bonds. The number of hydrogen-bond acceptors (Lipinski definition) is 3. The molecule has 3 aromatic rings. The summed E-state index contributed by atoms with van der Waals surface area (Å²) in [6.45, 7) is 8.91. The molecule has 5 heteroatoms. The summed E-state index contributed by atoms with van der Waals surface area (Å²) in [5.74, 6) is 0.631. The van der Waals surface area contributed by atoms with Gasteiger partial charge in [0.15, 0.2) is 0 Å². The largest absolute Gasteiger partial charge is 0.310 e. The average Bonchev–Trinajstić information content (AvgIpc) is 2.76. The van der Waals surface area contributed by atoms with Crippen LogP contribution in [-0.2, 0) is 6.42 Å². The zero-order valence-electron chi connectivity index (χ0n) is 10.8. The molecule has 3 rings (SSSR count). The van der Waals surface area contributed by atoms with E-state index in [1.807, 2.05) is 30.3 Å². The van der Waals surface area contributed by atoms with E-state index >= 15 is 0 Å². The minimum Gasteiger partial charge on any atom is -0.310 e. The number of hydrogen-bond donors (Lipinski definition) is 1. The molecule has 0 spiro atoms. The second-order valence-corrected chi connectivity index (χ2v) is 5.48. The molecule has 2 heterocycles. The summed E-state index contributed by atoms with van der Waals surface area (Å²) in [4.78, 5) is 23.5. The van der Waals surface area contributed by atoms with Crippen LogP contribution < -0.4 is 5.56 Å². The summed E-state index contributed by atoms with van der Waals surface area (Å²) < 4.78 is 0. The van der Waals surface area contributed by atoms with E-state index in [4.69, 9.17) is 6.57 Å². The van der Waals surface area contributed by atoms with Crippen LogP contribution in [0.1, 0.15) is 17.0 Å². The first kappa shape index (κ1) is 12.6. The Kier molecular flexibility index (Phi) is 3.09. The van der Waals surface area contributed by atoms with Crippen molar-refractivity contribution >= 4 is 26.6 Å². The van der Waals surface area contributed by atoms with Crippen LogP contribution in [0, 0.1) is 13.5 Å². The fourth-order valence-corrected chi connectivity index (χ4v) is 3.14. The van der Waals surface area contributed by atoms with Gasteiger partial charge in [-0.15, -0.1) is 11.3 Å². The summed E-state index contributed by atoms with van der Waals surface area (Å²) in [6, 6.07) is 9.85. The Morgan fingerprint density at radius 3 is 2.80 bits per heavy atom. The fourth-order valence-electron chi connectivity index (χ4n) is 2.16. The summed E-state index contributed by atoms with van der Waals surface area (Å²) in [5, 5.41) is 1.08. The molecule has 98 valence electrons. The highest BCUT2D eigenvalue weighted by atomic mass is 32.1. The Balaban J connectivity index is 2.11. The van der Waals surface area contributed by atoms with Crippen LogP contribution in [0.5, 0.6) is 0 Å². The second kappa shape index (κ2) is 4.91. The van der Waals surface area contributed by atoms with E-state index in [9.17, 15) is 4.79 Å². The molecule has 0 saturated heterocycles. The molecule has 1 N–H and O–H groups in total. The van der Waals surface area contributed by atoms with Crippen molar-refractivity contribution in [2.75, 3.05) is 0 Å². The third-order valence-corrected chi connectivity index (χ3v) is 4.22. The highest BCUT2D eigenvalue weighted by molar-refractivity contribution is 7.22. The van der Waals surface area contributed by atoms with E-state index in [0.717, 1.165) is 11.1 Å². The van der Waals surface area contributed by atoms with Crippen LogP contribution in [-0.4, -0.2) is 9.97 Å². The highest BCUT2D eigenvalue weighted by Crippen LogP contribution is 2.34. The number of aromatic nitrogens is 2. The van der Waals surface area contributed by atoms with Crippen molar-refractivity contribution in [3.63, 3.8) is 0 Å². The van der Waals surface area contributed by atoms with Crippen molar-refractivity contribution in [1.82, 2.24) is 9.97 Å². The fraction of sp³-hybridized carbons (Fsp3) is 0.133. The molecular weight excluding hydrogens is 270 g/mol.